The van der Waals surface area contributed by atoms with Crippen LogP contribution in [0.1, 0.15) is 39.2 Å². The third kappa shape index (κ3) is 2.41. The van der Waals surface area contributed by atoms with Crippen molar-refractivity contribution in [3.63, 3.8) is 0 Å². The highest BCUT2D eigenvalue weighted by atomic mass is 35.5. The van der Waals surface area contributed by atoms with Crippen LogP contribution in [0, 0.1) is 17.3 Å². The number of benzene rings is 1. The Morgan fingerprint density at radius 2 is 1.96 bits per heavy atom. The second-order valence-electron chi connectivity index (χ2n) is 8.41. The zero-order valence-corrected chi connectivity index (χ0v) is 15.7. The molecule has 0 N–H and O–H groups in total. The van der Waals surface area contributed by atoms with Gasteiger partial charge in [-0.05, 0) is 61.1 Å². The van der Waals surface area contributed by atoms with Gasteiger partial charge in [0.05, 0.1) is 24.1 Å². The van der Waals surface area contributed by atoms with Gasteiger partial charge in [-0.1, -0.05) is 26.0 Å². The fraction of sp³-hybridized carbons (Fsp3) is 0.684. The lowest BCUT2D eigenvalue weighted by atomic mass is 9.43. The van der Waals surface area contributed by atoms with Crippen LogP contribution in [0.5, 0.6) is 5.75 Å². The van der Waals surface area contributed by atoms with Crippen LogP contribution in [0.3, 0.4) is 0 Å². The van der Waals surface area contributed by atoms with Gasteiger partial charge >= 0.3 is 7.12 Å². The monoisotopic (exact) mass is 348 g/mol. The average Bonchev–Trinajstić information content (AvgIpc) is 2.92. The summed E-state index contributed by atoms with van der Waals surface area (Å²) in [5.74, 6) is 2.20. The molecule has 24 heavy (non-hydrogen) atoms. The number of hydrogen-bond acceptors (Lipinski definition) is 3. The van der Waals surface area contributed by atoms with E-state index in [1.54, 1.807) is 7.11 Å². The largest absolute Gasteiger partial charge is 0.497 e. The molecular formula is C19H26BClO3. The van der Waals surface area contributed by atoms with Crippen molar-refractivity contribution in [2.24, 2.45) is 17.3 Å². The Morgan fingerprint density at radius 1 is 1.25 bits per heavy atom. The summed E-state index contributed by atoms with van der Waals surface area (Å²) in [4.78, 5) is 0. The van der Waals surface area contributed by atoms with Gasteiger partial charge in [-0.25, -0.2) is 0 Å². The number of hydrogen-bond donors (Lipinski definition) is 0. The molecule has 3 nitrogen and oxygen atoms in total. The van der Waals surface area contributed by atoms with Gasteiger partial charge in [0.15, 0.2) is 0 Å². The van der Waals surface area contributed by atoms with E-state index >= 15 is 0 Å². The second kappa shape index (κ2) is 5.65. The topological polar surface area (TPSA) is 27.7 Å². The van der Waals surface area contributed by atoms with Crippen LogP contribution in [0.2, 0.25) is 0 Å². The van der Waals surface area contributed by atoms with Crippen LogP contribution in [-0.4, -0.2) is 31.2 Å². The van der Waals surface area contributed by atoms with Gasteiger partial charge in [0.25, 0.3) is 0 Å². The van der Waals surface area contributed by atoms with E-state index < -0.39 is 0 Å². The summed E-state index contributed by atoms with van der Waals surface area (Å²) >= 11 is 6.67. The standard InChI is InChI=1S/C19H26BClO3/c1-18(2)13-10-15(18)19(3)16(11-13)23-20(24-19)17(21)9-12-5-7-14(22-4)8-6-12/h5-8,13,15-17H,9-11H2,1-4H3/t13-,15-,16+,17-,19-/m0/s1. The summed E-state index contributed by atoms with van der Waals surface area (Å²) in [6, 6.07) is 8.04. The second-order valence-corrected chi connectivity index (χ2v) is 8.97. The minimum Gasteiger partial charge on any atom is -0.497 e. The predicted molar refractivity (Wildman–Crippen MR) is 96.5 cm³/mol. The number of methoxy groups -OCH3 is 1. The fourth-order valence-corrected chi connectivity index (χ4v) is 5.43. The highest BCUT2D eigenvalue weighted by molar-refractivity contribution is 6.60. The third-order valence-corrected chi connectivity index (χ3v) is 7.21. The van der Waals surface area contributed by atoms with Crippen molar-refractivity contribution in [2.45, 2.75) is 57.0 Å². The molecule has 0 spiro atoms. The summed E-state index contributed by atoms with van der Waals surface area (Å²) in [7, 11) is 1.35. The number of ether oxygens (including phenoxy) is 1. The van der Waals surface area contributed by atoms with E-state index in [-0.39, 0.29) is 24.1 Å². The van der Waals surface area contributed by atoms with E-state index in [1.807, 2.05) is 12.1 Å². The van der Waals surface area contributed by atoms with Crippen molar-refractivity contribution < 1.29 is 14.0 Å². The fourth-order valence-electron chi connectivity index (χ4n) is 5.14. The molecule has 0 amide bonds. The van der Waals surface area contributed by atoms with Crippen molar-refractivity contribution in [1.29, 1.82) is 0 Å². The molecule has 0 unspecified atom stereocenters. The summed E-state index contributed by atoms with van der Waals surface area (Å²) < 4.78 is 17.9. The van der Waals surface area contributed by atoms with E-state index in [1.165, 1.54) is 12.0 Å². The van der Waals surface area contributed by atoms with Crippen LogP contribution >= 0.6 is 11.6 Å². The zero-order chi connectivity index (χ0) is 17.1. The molecule has 5 heteroatoms. The predicted octanol–water partition coefficient (Wildman–Crippen LogP) is 4.11. The minimum absolute atomic E-state index is 0.180. The van der Waals surface area contributed by atoms with Crippen LogP contribution in [0.25, 0.3) is 0 Å². The van der Waals surface area contributed by atoms with Crippen molar-refractivity contribution in [1.82, 2.24) is 0 Å². The smallest absolute Gasteiger partial charge is 0.477 e. The van der Waals surface area contributed by atoms with Crippen molar-refractivity contribution in [3.05, 3.63) is 29.8 Å². The maximum Gasteiger partial charge on any atom is 0.477 e. The Labute approximate surface area is 150 Å². The Balaban J connectivity index is 1.44. The first kappa shape index (κ1) is 16.7. The molecule has 1 saturated heterocycles. The van der Waals surface area contributed by atoms with E-state index in [0.29, 0.717) is 11.3 Å². The van der Waals surface area contributed by atoms with Gasteiger partial charge in [-0.3, -0.25) is 0 Å². The first-order chi connectivity index (χ1) is 11.3. The molecule has 130 valence electrons. The molecular weight excluding hydrogens is 322 g/mol. The molecule has 4 aliphatic rings. The van der Waals surface area contributed by atoms with Crippen molar-refractivity contribution in [3.8, 4) is 5.75 Å². The molecule has 3 aliphatic carbocycles. The molecule has 3 saturated carbocycles. The highest BCUT2D eigenvalue weighted by Gasteiger charge is 2.68. The molecule has 1 heterocycles. The van der Waals surface area contributed by atoms with Gasteiger partial charge in [-0.2, -0.15) is 0 Å². The average molecular weight is 349 g/mol. The molecule has 5 atom stereocenters. The molecule has 1 aromatic carbocycles. The molecule has 5 rings (SSSR count). The molecule has 0 radical (unpaired) electrons. The maximum atomic E-state index is 6.67. The molecule has 1 aliphatic heterocycles. The van der Waals surface area contributed by atoms with Gasteiger partial charge < -0.3 is 14.0 Å². The SMILES string of the molecule is COc1ccc(C[C@H](Cl)B2O[C@@H]3C[C@@H]4C[C@@H](C4(C)C)[C@]3(C)O2)cc1. The summed E-state index contributed by atoms with van der Waals surface area (Å²) in [5.41, 5.74) is 1.35. The summed E-state index contributed by atoms with van der Waals surface area (Å²) in [6.07, 6.45) is 3.29. The molecule has 0 aromatic heterocycles. The van der Waals surface area contributed by atoms with Gasteiger partial charge in [0.1, 0.15) is 5.75 Å². The highest BCUT2D eigenvalue weighted by Crippen LogP contribution is 2.65. The minimum atomic E-state index is -0.320. The van der Waals surface area contributed by atoms with Crippen LogP contribution in [0.4, 0.5) is 0 Å². The van der Waals surface area contributed by atoms with Gasteiger partial charge in [0.2, 0.25) is 0 Å². The zero-order valence-electron chi connectivity index (χ0n) is 14.9. The van der Waals surface area contributed by atoms with Crippen molar-refractivity contribution >= 4 is 18.7 Å². The third-order valence-electron chi connectivity index (χ3n) is 6.85. The number of halogens is 1. The normalized spacial score (nSPS) is 37.5. The van der Waals surface area contributed by atoms with Crippen LogP contribution in [-0.2, 0) is 15.7 Å². The van der Waals surface area contributed by atoms with Crippen LogP contribution < -0.4 is 4.74 Å². The summed E-state index contributed by atoms with van der Waals surface area (Å²) in [6.45, 7) is 6.98. The number of alkyl halides is 1. The van der Waals surface area contributed by atoms with Crippen molar-refractivity contribution in [2.75, 3.05) is 7.11 Å². The molecule has 2 bridgehead atoms. The van der Waals surface area contributed by atoms with Crippen LogP contribution in [0.15, 0.2) is 24.3 Å². The maximum absolute atomic E-state index is 6.67. The first-order valence-corrected chi connectivity index (χ1v) is 9.38. The molecule has 4 fully saturated rings. The Morgan fingerprint density at radius 3 is 2.58 bits per heavy atom. The Kier molecular flexibility index (Phi) is 3.94. The molecule has 1 aromatic rings. The lowest BCUT2D eigenvalue weighted by Gasteiger charge is -2.64. The van der Waals surface area contributed by atoms with E-state index in [2.05, 4.69) is 32.9 Å². The Hall–Kier alpha value is -0.705. The lowest BCUT2D eigenvalue weighted by molar-refractivity contribution is -0.199. The van der Waals surface area contributed by atoms with Gasteiger partial charge in [-0.15, -0.1) is 11.6 Å². The Bertz CT molecular complexity index is 620. The van der Waals surface area contributed by atoms with E-state index in [9.17, 15) is 0 Å². The quantitative estimate of drug-likeness (QED) is 0.605. The van der Waals surface area contributed by atoms with E-state index in [4.69, 9.17) is 25.6 Å². The summed E-state index contributed by atoms with van der Waals surface area (Å²) in [5, 5.41) is -0.180. The number of rotatable bonds is 4. The first-order valence-electron chi connectivity index (χ1n) is 8.95. The van der Waals surface area contributed by atoms with Gasteiger partial charge in [0, 0.05) is 0 Å². The van der Waals surface area contributed by atoms with E-state index in [0.717, 1.165) is 24.5 Å². The lowest BCUT2D eigenvalue weighted by Crippen LogP contribution is -2.65.